The minimum Gasteiger partial charge on any atom is -0.431 e. The van der Waals surface area contributed by atoms with Crippen LogP contribution in [0.4, 0.5) is 4.79 Å². The van der Waals surface area contributed by atoms with Crippen molar-refractivity contribution in [3.8, 4) is 11.5 Å². The zero-order chi connectivity index (χ0) is 23.1. The van der Waals surface area contributed by atoms with E-state index in [0.29, 0.717) is 12.8 Å². The minimum atomic E-state index is -0.945. The Morgan fingerprint density at radius 2 is 1.59 bits per heavy atom. The molecule has 167 valence electrons. The van der Waals surface area contributed by atoms with Gasteiger partial charge in [-0.2, -0.15) is 0 Å². The van der Waals surface area contributed by atoms with E-state index in [1.54, 1.807) is 32.3 Å². The van der Waals surface area contributed by atoms with Crippen molar-refractivity contribution in [1.29, 1.82) is 0 Å². The molecule has 2 aromatic carbocycles. The van der Waals surface area contributed by atoms with E-state index in [1.165, 1.54) is 30.3 Å². The fourth-order valence-electron chi connectivity index (χ4n) is 3.62. The van der Waals surface area contributed by atoms with Crippen molar-refractivity contribution in [1.82, 2.24) is 0 Å². The van der Waals surface area contributed by atoms with Crippen LogP contribution in [0.1, 0.15) is 67.4 Å². The average Bonchev–Trinajstić information content (AvgIpc) is 2.79. The van der Waals surface area contributed by atoms with Gasteiger partial charge in [0.05, 0.1) is 28.7 Å². The fraction of sp³-hybridized carbons (Fsp3) is 0.360. The molecule has 1 radical (unpaired) electrons. The van der Waals surface area contributed by atoms with E-state index in [-0.39, 0.29) is 34.1 Å². The predicted octanol–water partition coefficient (Wildman–Crippen LogP) is 4.78. The first-order chi connectivity index (χ1) is 15.4. The van der Waals surface area contributed by atoms with Crippen LogP contribution in [-0.2, 0) is 14.3 Å². The molecule has 0 bridgehead atoms. The van der Waals surface area contributed by atoms with E-state index in [0.717, 1.165) is 19.3 Å². The highest BCUT2D eigenvalue weighted by Gasteiger charge is 2.28. The number of ketones is 1. The van der Waals surface area contributed by atoms with Crippen LogP contribution in [0.25, 0.3) is 0 Å². The standard InChI is InChI=1S/C25H25O7/c1-16(2)30-25(29)31-21-14-7-6-12-19(21)22(27)20-13-8-11-18(15-26)23(20)32-24(28)17-9-4-3-5-10-17/h6-8,11-14,16-17H,3-5,9-10H2,1-2H3. The molecule has 1 aliphatic rings. The molecule has 0 saturated heterocycles. The Balaban J connectivity index is 1.93. The van der Waals surface area contributed by atoms with E-state index in [1.807, 2.05) is 0 Å². The molecule has 3 rings (SSSR count). The molecule has 0 spiro atoms. The second-order valence-electron chi connectivity index (χ2n) is 7.88. The van der Waals surface area contributed by atoms with Crippen molar-refractivity contribution < 1.29 is 33.4 Å². The smallest absolute Gasteiger partial charge is 0.431 e. The quantitative estimate of drug-likeness (QED) is 0.266. The largest absolute Gasteiger partial charge is 0.514 e. The molecule has 1 saturated carbocycles. The van der Waals surface area contributed by atoms with Crippen LogP contribution in [0.5, 0.6) is 11.5 Å². The lowest BCUT2D eigenvalue weighted by atomic mass is 9.89. The number of benzene rings is 2. The number of rotatable bonds is 7. The molecule has 1 aliphatic carbocycles. The van der Waals surface area contributed by atoms with Crippen molar-refractivity contribution in [3.63, 3.8) is 0 Å². The van der Waals surface area contributed by atoms with Crippen LogP contribution in [0.3, 0.4) is 0 Å². The molecule has 0 aliphatic heterocycles. The molecule has 32 heavy (non-hydrogen) atoms. The van der Waals surface area contributed by atoms with Crippen LogP contribution in [0.15, 0.2) is 42.5 Å². The third kappa shape index (κ3) is 5.60. The number of para-hydroxylation sites is 2. The Labute approximate surface area is 186 Å². The summed E-state index contributed by atoms with van der Waals surface area (Å²) < 4.78 is 15.8. The van der Waals surface area contributed by atoms with Gasteiger partial charge in [-0.1, -0.05) is 37.5 Å². The van der Waals surface area contributed by atoms with Gasteiger partial charge in [0.25, 0.3) is 0 Å². The highest BCUT2D eigenvalue weighted by atomic mass is 16.7. The Morgan fingerprint density at radius 3 is 2.28 bits per heavy atom. The van der Waals surface area contributed by atoms with Gasteiger partial charge < -0.3 is 14.2 Å². The number of carbonyl (C=O) groups excluding carboxylic acids is 4. The van der Waals surface area contributed by atoms with E-state index in [4.69, 9.17) is 14.2 Å². The van der Waals surface area contributed by atoms with Crippen LogP contribution in [-0.4, -0.2) is 30.3 Å². The molecule has 0 N–H and O–H groups in total. The Morgan fingerprint density at radius 1 is 0.906 bits per heavy atom. The molecular weight excluding hydrogens is 412 g/mol. The first-order valence-electron chi connectivity index (χ1n) is 10.7. The van der Waals surface area contributed by atoms with E-state index < -0.39 is 24.0 Å². The second kappa shape index (κ2) is 10.7. The maximum atomic E-state index is 13.4. The lowest BCUT2D eigenvalue weighted by molar-refractivity contribution is -0.140. The number of hydrogen-bond donors (Lipinski definition) is 0. The SMILES string of the molecule is CC(C)OC(=O)Oc1ccccc1C(=O)c1cccc([C]=O)c1OC(=O)C1CCCCC1. The molecular formula is C25H25O7. The van der Waals surface area contributed by atoms with Crippen molar-refractivity contribution in [2.45, 2.75) is 52.1 Å². The lowest BCUT2D eigenvalue weighted by Crippen LogP contribution is -2.24. The summed E-state index contributed by atoms with van der Waals surface area (Å²) >= 11 is 0. The first-order valence-corrected chi connectivity index (χ1v) is 10.7. The van der Waals surface area contributed by atoms with Crippen molar-refractivity contribution in [2.24, 2.45) is 5.92 Å². The number of ether oxygens (including phenoxy) is 3. The highest BCUT2D eigenvalue weighted by Crippen LogP contribution is 2.31. The monoisotopic (exact) mass is 437 g/mol. The fourth-order valence-corrected chi connectivity index (χ4v) is 3.62. The van der Waals surface area contributed by atoms with Crippen LogP contribution < -0.4 is 9.47 Å². The number of esters is 1. The van der Waals surface area contributed by atoms with Crippen LogP contribution in [0.2, 0.25) is 0 Å². The molecule has 7 nitrogen and oxygen atoms in total. The zero-order valence-corrected chi connectivity index (χ0v) is 18.1. The van der Waals surface area contributed by atoms with E-state index >= 15 is 0 Å². The number of hydrogen-bond acceptors (Lipinski definition) is 7. The Hall–Kier alpha value is -3.48. The molecule has 0 unspecified atom stereocenters. The molecule has 2 aromatic rings. The average molecular weight is 437 g/mol. The number of carbonyl (C=O) groups is 3. The van der Waals surface area contributed by atoms with Gasteiger partial charge in [0.2, 0.25) is 12.1 Å². The third-order valence-electron chi connectivity index (χ3n) is 5.17. The first kappa shape index (κ1) is 23.2. The van der Waals surface area contributed by atoms with Crippen molar-refractivity contribution in [2.75, 3.05) is 0 Å². The van der Waals surface area contributed by atoms with Gasteiger partial charge in [0.15, 0.2) is 5.75 Å². The maximum absolute atomic E-state index is 13.4. The third-order valence-corrected chi connectivity index (χ3v) is 5.17. The predicted molar refractivity (Wildman–Crippen MR) is 116 cm³/mol. The summed E-state index contributed by atoms with van der Waals surface area (Å²) in [5.74, 6) is -1.45. The Bertz CT molecular complexity index is 1000. The summed E-state index contributed by atoms with van der Waals surface area (Å²) in [5.41, 5.74) is 0.0344. The summed E-state index contributed by atoms with van der Waals surface area (Å²) in [5, 5.41) is 0. The van der Waals surface area contributed by atoms with Gasteiger partial charge in [-0.25, -0.2) is 4.79 Å². The molecule has 0 aromatic heterocycles. The van der Waals surface area contributed by atoms with Gasteiger partial charge >= 0.3 is 12.1 Å². The molecule has 7 heteroatoms. The highest BCUT2D eigenvalue weighted by molar-refractivity contribution is 6.13. The Kier molecular flexibility index (Phi) is 7.76. The van der Waals surface area contributed by atoms with Gasteiger partial charge in [-0.3, -0.25) is 14.4 Å². The topological polar surface area (TPSA) is 96.0 Å². The van der Waals surface area contributed by atoms with Crippen LogP contribution in [0, 0.1) is 5.92 Å². The summed E-state index contributed by atoms with van der Waals surface area (Å²) in [6.07, 6.45) is 4.76. The second-order valence-corrected chi connectivity index (χ2v) is 7.88. The summed E-state index contributed by atoms with van der Waals surface area (Å²) in [7, 11) is 0. The van der Waals surface area contributed by atoms with Crippen molar-refractivity contribution >= 4 is 24.2 Å². The van der Waals surface area contributed by atoms with Gasteiger partial charge in [0, 0.05) is 0 Å². The van der Waals surface area contributed by atoms with Crippen molar-refractivity contribution in [3.05, 3.63) is 59.2 Å². The lowest BCUT2D eigenvalue weighted by Gasteiger charge is -2.21. The molecule has 0 amide bonds. The van der Waals surface area contributed by atoms with Crippen LogP contribution >= 0.6 is 0 Å². The molecule has 0 atom stereocenters. The summed E-state index contributed by atoms with van der Waals surface area (Å²) in [6.45, 7) is 3.35. The normalized spacial score (nSPS) is 14.0. The van der Waals surface area contributed by atoms with Gasteiger partial charge in [-0.05, 0) is 51.0 Å². The molecule has 0 heterocycles. The van der Waals surface area contributed by atoms with Gasteiger partial charge in [0.1, 0.15) is 5.75 Å². The van der Waals surface area contributed by atoms with E-state index in [2.05, 4.69) is 0 Å². The van der Waals surface area contributed by atoms with E-state index in [9.17, 15) is 19.2 Å². The summed E-state index contributed by atoms with van der Waals surface area (Å²) in [6, 6.07) is 10.5. The summed E-state index contributed by atoms with van der Waals surface area (Å²) in [4.78, 5) is 49.5. The minimum absolute atomic E-state index is 0.00304. The van der Waals surface area contributed by atoms with Gasteiger partial charge in [-0.15, -0.1) is 0 Å². The zero-order valence-electron chi connectivity index (χ0n) is 18.1. The molecule has 1 fully saturated rings. The maximum Gasteiger partial charge on any atom is 0.514 e.